The number of ether oxygens (including phenoxy) is 1. The lowest BCUT2D eigenvalue weighted by Gasteiger charge is -2.56. The molecular formula is C28H16Cl10O. The fourth-order valence-electron chi connectivity index (χ4n) is 4.71. The second-order valence-electron chi connectivity index (χ2n) is 8.54. The molecule has 2 aliphatic rings. The smallest absolute Gasteiger partial charge is 0.159 e. The van der Waals surface area contributed by atoms with E-state index in [2.05, 4.69) is 13.2 Å². The van der Waals surface area contributed by atoms with Crippen LogP contribution in [0.2, 0.25) is 0 Å². The summed E-state index contributed by atoms with van der Waals surface area (Å²) in [6, 6.07) is 17.4. The first-order valence-electron chi connectivity index (χ1n) is 11.0. The normalized spacial score (nSPS) is 31.6. The summed E-state index contributed by atoms with van der Waals surface area (Å²) >= 11 is 68.8. The molecule has 0 bridgehead atoms. The molecule has 0 N–H and O–H groups in total. The summed E-state index contributed by atoms with van der Waals surface area (Å²) in [5.74, 6) is 0. The minimum absolute atomic E-state index is 0.0905. The van der Waals surface area contributed by atoms with Crippen molar-refractivity contribution in [2.45, 2.75) is 21.0 Å². The molecule has 0 saturated carbocycles. The summed E-state index contributed by atoms with van der Waals surface area (Å²) in [5.41, 5.74) is -3.13. The summed E-state index contributed by atoms with van der Waals surface area (Å²) in [6.07, 6.45) is 2.68. The second-order valence-corrected chi connectivity index (χ2v) is 12.8. The fraction of sp³-hybridized carbons (Fsp3) is 0.143. The monoisotopic (exact) mass is 718 g/mol. The Morgan fingerprint density at radius 3 is 1.05 bits per heavy atom. The lowest BCUT2D eigenvalue weighted by Crippen LogP contribution is -2.61. The number of hydrogen-bond donors (Lipinski definition) is 0. The van der Waals surface area contributed by atoms with Crippen LogP contribution in [0, 0.1) is 0 Å². The zero-order chi connectivity index (χ0) is 29.0. The summed E-state index contributed by atoms with van der Waals surface area (Å²) in [6.45, 7) is 7.87. The molecule has 1 nitrogen and oxygen atoms in total. The molecule has 2 aromatic rings. The van der Waals surface area contributed by atoms with E-state index in [-0.39, 0.29) is 40.3 Å². The quantitative estimate of drug-likeness (QED) is 0.213. The Kier molecular flexibility index (Phi) is 9.29. The van der Waals surface area contributed by atoms with E-state index in [9.17, 15) is 0 Å². The third-order valence-corrected chi connectivity index (χ3v) is 12.1. The maximum absolute atomic E-state index is 7.35. The van der Waals surface area contributed by atoms with E-state index < -0.39 is 21.0 Å². The van der Waals surface area contributed by atoms with Crippen molar-refractivity contribution in [3.8, 4) is 0 Å². The van der Waals surface area contributed by atoms with Crippen LogP contribution in [0.15, 0.2) is 126 Å². The van der Waals surface area contributed by atoms with E-state index in [1.165, 1.54) is 12.2 Å². The molecule has 4 unspecified atom stereocenters. The highest BCUT2D eigenvalue weighted by atomic mass is 35.5. The molecule has 0 aliphatic heterocycles. The van der Waals surface area contributed by atoms with Gasteiger partial charge in [-0.2, -0.15) is 0 Å². The zero-order valence-electron chi connectivity index (χ0n) is 19.5. The van der Waals surface area contributed by atoms with Crippen molar-refractivity contribution in [1.29, 1.82) is 0 Å². The van der Waals surface area contributed by atoms with Crippen molar-refractivity contribution < 1.29 is 4.74 Å². The summed E-state index contributed by atoms with van der Waals surface area (Å²) in [5, 5.41) is -0.890. The van der Waals surface area contributed by atoms with Crippen molar-refractivity contribution in [2.24, 2.45) is 0 Å². The highest BCUT2D eigenvalue weighted by Gasteiger charge is 2.68. The standard InChI is InChI=1S/C28H16Cl10O/c1-3-25(37)21(33)17(29)19(31)23(35)27(25,15-11-7-5-8-12-15)39-28(16-13-9-6-10-14-16)24(36)20(32)18(30)22(34)26(28,38)4-2/h3-14H,1-2H2. The molecule has 0 amide bonds. The van der Waals surface area contributed by atoms with Gasteiger partial charge in [0.2, 0.25) is 0 Å². The number of alkyl halides is 2. The van der Waals surface area contributed by atoms with Crippen LogP contribution in [0.5, 0.6) is 0 Å². The Labute approximate surface area is 276 Å². The van der Waals surface area contributed by atoms with Crippen molar-refractivity contribution in [3.05, 3.63) is 137 Å². The average molecular weight is 723 g/mol. The van der Waals surface area contributed by atoms with Gasteiger partial charge in [0.1, 0.15) is 9.75 Å². The number of allylic oxidation sites excluding steroid dienone is 4. The predicted molar refractivity (Wildman–Crippen MR) is 170 cm³/mol. The Morgan fingerprint density at radius 1 is 0.487 bits per heavy atom. The molecule has 204 valence electrons. The first-order chi connectivity index (χ1) is 18.3. The SMILES string of the molecule is C=CC1(Cl)C(Cl)=C(Cl)C(Cl)=C(Cl)C1(OC1(c2ccccc2)C(Cl)=C(Cl)C(Cl)=C(Cl)C1(Cl)C=C)c1ccccc1. The molecule has 0 fully saturated rings. The van der Waals surface area contributed by atoms with Gasteiger partial charge in [-0.3, -0.25) is 0 Å². The average Bonchev–Trinajstić information content (AvgIpc) is 2.97. The van der Waals surface area contributed by atoms with Crippen LogP contribution in [0.25, 0.3) is 0 Å². The zero-order valence-corrected chi connectivity index (χ0v) is 27.1. The molecule has 2 aliphatic carbocycles. The lowest BCUT2D eigenvalue weighted by atomic mass is 9.72. The minimum atomic E-state index is -1.97. The van der Waals surface area contributed by atoms with Gasteiger partial charge in [-0.1, -0.05) is 166 Å². The van der Waals surface area contributed by atoms with Crippen LogP contribution < -0.4 is 0 Å². The Balaban J connectivity index is 2.26. The molecule has 0 aromatic heterocycles. The summed E-state index contributed by atoms with van der Waals surface area (Å²) < 4.78 is 7.19. The largest absolute Gasteiger partial charge is 0.342 e. The number of rotatable bonds is 6. The molecule has 0 heterocycles. The first-order valence-corrected chi connectivity index (χ1v) is 14.8. The summed E-state index contributed by atoms with van der Waals surface area (Å²) in [4.78, 5) is -3.71. The van der Waals surface area contributed by atoms with E-state index >= 15 is 0 Å². The Hall–Kier alpha value is -0.260. The van der Waals surface area contributed by atoms with E-state index in [0.717, 1.165) is 0 Å². The van der Waals surface area contributed by atoms with E-state index in [1.54, 1.807) is 60.7 Å². The molecular weight excluding hydrogens is 707 g/mol. The van der Waals surface area contributed by atoms with Gasteiger partial charge < -0.3 is 4.74 Å². The van der Waals surface area contributed by atoms with Crippen molar-refractivity contribution >= 4 is 116 Å². The minimum Gasteiger partial charge on any atom is -0.342 e. The van der Waals surface area contributed by atoms with Gasteiger partial charge in [0.05, 0.1) is 40.3 Å². The highest BCUT2D eigenvalue weighted by Crippen LogP contribution is 2.67. The van der Waals surface area contributed by atoms with Crippen LogP contribution >= 0.6 is 116 Å². The molecule has 0 radical (unpaired) electrons. The van der Waals surface area contributed by atoms with E-state index in [1.807, 2.05) is 0 Å². The molecule has 0 spiro atoms. The van der Waals surface area contributed by atoms with Crippen LogP contribution in [0.3, 0.4) is 0 Å². The Morgan fingerprint density at radius 2 is 0.769 bits per heavy atom. The van der Waals surface area contributed by atoms with Crippen LogP contribution in [-0.4, -0.2) is 9.75 Å². The molecule has 2 aromatic carbocycles. The van der Waals surface area contributed by atoms with Gasteiger partial charge in [0.25, 0.3) is 0 Å². The summed E-state index contributed by atoms with van der Waals surface area (Å²) in [7, 11) is 0. The van der Waals surface area contributed by atoms with Gasteiger partial charge >= 0.3 is 0 Å². The van der Waals surface area contributed by atoms with E-state index in [4.69, 9.17) is 121 Å². The molecule has 4 atom stereocenters. The Bertz CT molecular complexity index is 1370. The third kappa shape index (κ3) is 4.31. The van der Waals surface area contributed by atoms with E-state index in [0.29, 0.717) is 11.1 Å². The molecule has 0 saturated heterocycles. The van der Waals surface area contributed by atoms with Crippen LogP contribution in [-0.2, 0) is 15.9 Å². The second kappa shape index (κ2) is 11.4. The maximum atomic E-state index is 7.35. The van der Waals surface area contributed by atoms with Gasteiger partial charge in [-0.05, 0) is 11.1 Å². The van der Waals surface area contributed by atoms with Crippen molar-refractivity contribution in [3.63, 3.8) is 0 Å². The maximum Gasteiger partial charge on any atom is 0.159 e. The number of halogens is 10. The van der Waals surface area contributed by atoms with Crippen molar-refractivity contribution in [2.75, 3.05) is 0 Å². The van der Waals surface area contributed by atoms with Gasteiger partial charge in [-0.25, -0.2) is 0 Å². The fourth-order valence-corrected chi connectivity index (χ4v) is 8.11. The number of benzene rings is 2. The predicted octanol–water partition coefficient (Wildman–Crippen LogP) is 11.9. The van der Waals surface area contributed by atoms with Crippen LogP contribution in [0.1, 0.15) is 11.1 Å². The van der Waals surface area contributed by atoms with Gasteiger partial charge in [-0.15, -0.1) is 36.4 Å². The lowest BCUT2D eigenvalue weighted by molar-refractivity contribution is -0.139. The van der Waals surface area contributed by atoms with Crippen molar-refractivity contribution in [1.82, 2.24) is 0 Å². The number of hydrogen-bond acceptors (Lipinski definition) is 1. The van der Waals surface area contributed by atoms with Crippen LogP contribution in [0.4, 0.5) is 0 Å². The highest BCUT2D eigenvalue weighted by molar-refractivity contribution is 6.56. The first kappa shape index (κ1) is 31.7. The topological polar surface area (TPSA) is 9.23 Å². The van der Waals surface area contributed by atoms with Gasteiger partial charge in [0.15, 0.2) is 11.2 Å². The molecule has 4 rings (SSSR count). The molecule has 39 heavy (non-hydrogen) atoms. The van der Waals surface area contributed by atoms with Gasteiger partial charge in [0, 0.05) is 0 Å². The molecule has 11 heteroatoms. The third-order valence-electron chi connectivity index (χ3n) is 6.67.